The van der Waals surface area contributed by atoms with Gasteiger partial charge in [-0.25, -0.2) is 0 Å². The first kappa shape index (κ1) is 22.1. The summed E-state index contributed by atoms with van der Waals surface area (Å²) in [6.45, 7) is 7.20. The minimum atomic E-state index is 0.741. The van der Waals surface area contributed by atoms with Crippen LogP contribution in [0.1, 0.15) is 17.7 Å². The summed E-state index contributed by atoms with van der Waals surface area (Å²) in [4.78, 5) is 11.3. The van der Waals surface area contributed by atoms with Gasteiger partial charge in [-0.15, -0.1) is 0 Å². The lowest BCUT2D eigenvalue weighted by atomic mass is 10.2. The number of hydrogen-bond acceptors (Lipinski definition) is 6. The van der Waals surface area contributed by atoms with Gasteiger partial charge in [0.15, 0.2) is 5.96 Å². The number of rotatable bonds is 9. The minimum absolute atomic E-state index is 0.741. The van der Waals surface area contributed by atoms with Crippen molar-refractivity contribution in [2.24, 2.45) is 4.99 Å². The van der Waals surface area contributed by atoms with Crippen molar-refractivity contribution in [1.29, 1.82) is 0 Å². The third-order valence-corrected chi connectivity index (χ3v) is 5.15. The number of aromatic nitrogens is 1. The molecule has 3 rings (SSSR count). The van der Waals surface area contributed by atoms with Gasteiger partial charge in [0.2, 0.25) is 0 Å². The highest BCUT2D eigenvalue weighted by atomic mass is 16.5. The molecule has 1 aliphatic heterocycles. The maximum absolute atomic E-state index is 5.81. The second-order valence-electron chi connectivity index (χ2n) is 7.80. The van der Waals surface area contributed by atoms with Crippen LogP contribution in [0.4, 0.5) is 0 Å². The standard InChI is InChI=1S/C22H34N6O2/c1-23-22(28-13-11-27(12-14-28)18-20-9-16-30-25-20)24-17-19-5-7-21(8-6-19)29-15-4-10-26(2)3/h5-9,16H,4,10-15,17-18H2,1-3H3,(H,23,24). The van der Waals surface area contributed by atoms with Crippen LogP contribution in [0.25, 0.3) is 0 Å². The molecule has 1 fully saturated rings. The van der Waals surface area contributed by atoms with Gasteiger partial charge in [-0.2, -0.15) is 0 Å². The van der Waals surface area contributed by atoms with Crippen molar-refractivity contribution >= 4 is 5.96 Å². The molecule has 0 spiro atoms. The molecule has 2 aromatic rings. The zero-order chi connectivity index (χ0) is 21.2. The summed E-state index contributed by atoms with van der Waals surface area (Å²) >= 11 is 0. The zero-order valence-corrected chi connectivity index (χ0v) is 18.4. The molecule has 1 aliphatic rings. The molecule has 0 bridgehead atoms. The molecule has 0 amide bonds. The second-order valence-corrected chi connectivity index (χ2v) is 7.80. The number of hydrogen-bond donors (Lipinski definition) is 1. The van der Waals surface area contributed by atoms with Gasteiger partial charge in [-0.1, -0.05) is 17.3 Å². The van der Waals surface area contributed by atoms with E-state index in [1.165, 1.54) is 5.56 Å². The Labute approximate surface area is 179 Å². The fraction of sp³-hybridized carbons (Fsp3) is 0.545. The number of benzene rings is 1. The lowest BCUT2D eigenvalue weighted by molar-refractivity contribution is 0.169. The molecule has 1 N–H and O–H groups in total. The molecule has 1 aromatic carbocycles. The summed E-state index contributed by atoms with van der Waals surface area (Å²) in [6.07, 6.45) is 2.65. The van der Waals surface area contributed by atoms with Gasteiger partial charge in [0.1, 0.15) is 12.0 Å². The first-order chi connectivity index (χ1) is 14.6. The molecule has 0 aliphatic carbocycles. The maximum Gasteiger partial charge on any atom is 0.194 e. The average Bonchev–Trinajstić information content (AvgIpc) is 3.26. The maximum atomic E-state index is 5.81. The average molecular weight is 415 g/mol. The first-order valence-corrected chi connectivity index (χ1v) is 10.6. The lowest BCUT2D eigenvalue weighted by Gasteiger charge is -2.36. The highest BCUT2D eigenvalue weighted by Crippen LogP contribution is 2.13. The van der Waals surface area contributed by atoms with Crippen molar-refractivity contribution in [3.8, 4) is 5.75 Å². The highest BCUT2D eigenvalue weighted by molar-refractivity contribution is 5.80. The van der Waals surface area contributed by atoms with Crippen LogP contribution in [0.15, 0.2) is 46.1 Å². The van der Waals surface area contributed by atoms with Crippen LogP contribution in [0.5, 0.6) is 5.75 Å². The van der Waals surface area contributed by atoms with Gasteiger partial charge in [0, 0.05) is 58.9 Å². The third-order valence-electron chi connectivity index (χ3n) is 5.15. The Hall–Kier alpha value is -2.58. The number of nitrogens with zero attached hydrogens (tertiary/aromatic N) is 5. The van der Waals surface area contributed by atoms with E-state index in [4.69, 9.17) is 9.26 Å². The van der Waals surface area contributed by atoms with E-state index < -0.39 is 0 Å². The smallest absolute Gasteiger partial charge is 0.194 e. The monoisotopic (exact) mass is 414 g/mol. The van der Waals surface area contributed by atoms with Crippen LogP contribution >= 0.6 is 0 Å². The van der Waals surface area contributed by atoms with E-state index in [0.29, 0.717) is 0 Å². The SMILES string of the molecule is CN=C(NCc1ccc(OCCCN(C)C)cc1)N1CCN(Cc2ccon2)CC1. The van der Waals surface area contributed by atoms with E-state index in [0.717, 1.165) is 76.2 Å². The van der Waals surface area contributed by atoms with Crippen LogP contribution in [-0.2, 0) is 13.1 Å². The number of piperazine rings is 1. The van der Waals surface area contributed by atoms with Crippen molar-refractivity contribution in [3.05, 3.63) is 47.9 Å². The molecular formula is C22H34N6O2. The van der Waals surface area contributed by atoms with Crippen molar-refractivity contribution in [1.82, 2.24) is 25.2 Å². The Kier molecular flexibility index (Phi) is 8.53. The Morgan fingerprint density at radius 2 is 1.93 bits per heavy atom. The Bertz CT molecular complexity index is 752. The quantitative estimate of drug-likeness (QED) is 0.382. The molecule has 1 aromatic heterocycles. The van der Waals surface area contributed by atoms with Gasteiger partial charge in [0.05, 0.1) is 12.3 Å². The fourth-order valence-corrected chi connectivity index (χ4v) is 3.45. The Balaban J connectivity index is 1.39. The molecule has 164 valence electrons. The van der Waals surface area contributed by atoms with Crippen molar-refractivity contribution in [3.63, 3.8) is 0 Å². The molecule has 1 saturated heterocycles. The van der Waals surface area contributed by atoms with Gasteiger partial charge in [-0.3, -0.25) is 9.89 Å². The van der Waals surface area contributed by atoms with E-state index in [1.54, 1.807) is 6.26 Å². The lowest BCUT2D eigenvalue weighted by Crippen LogP contribution is -2.52. The molecule has 8 heteroatoms. The largest absolute Gasteiger partial charge is 0.494 e. The molecule has 8 nitrogen and oxygen atoms in total. The Morgan fingerprint density at radius 3 is 2.57 bits per heavy atom. The summed E-state index contributed by atoms with van der Waals surface area (Å²) in [5.41, 5.74) is 2.19. The van der Waals surface area contributed by atoms with E-state index in [9.17, 15) is 0 Å². The predicted octanol–water partition coefficient (Wildman–Crippen LogP) is 1.90. The minimum Gasteiger partial charge on any atom is -0.494 e. The van der Waals surface area contributed by atoms with Gasteiger partial charge in [0.25, 0.3) is 0 Å². The zero-order valence-electron chi connectivity index (χ0n) is 18.4. The van der Waals surface area contributed by atoms with Crippen LogP contribution in [0.3, 0.4) is 0 Å². The summed E-state index contributed by atoms with van der Waals surface area (Å²) in [5.74, 6) is 1.87. The van der Waals surface area contributed by atoms with Gasteiger partial charge >= 0.3 is 0 Å². The highest BCUT2D eigenvalue weighted by Gasteiger charge is 2.20. The predicted molar refractivity (Wildman–Crippen MR) is 119 cm³/mol. The number of ether oxygens (including phenoxy) is 1. The molecule has 0 radical (unpaired) electrons. The topological polar surface area (TPSA) is 69.4 Å². The number of nitrogens with one attached hydrogen (secondary N) is 1. The van der Waals surface area contributed by atoms with Crippen molar-refractivity contribution < 1.29 is 9.26 Å². The van der Waals surface area contributed by atoms with E-state index in [2.05, 4.69) is 56.4 Å². The van der Waals surface area contributed by atoms with Crippen molar-refractivity contribution in [2.45, 2.75) is 19.5 Å². The first-order valence-electron chi connectivity index (χ1n) is 10.6. The van der Waals surface area contributed by atoms with Crippen LogP contribution in [0, 0.1) is 0 Å². The fourth-order valence-electron chi connectivity index (χ4n) is 3.45. The van der Waals surface area contributed by atoms with Gasteiger partial charge < -0.3 is 24.4 Å². The Morgan fingerprint density at radius 1 is 1.17 bits per heavy atom. The summed E-state index contributed by atoms with van der Waals surface area (Å²) in [6, 6.07) is 10.2. The molecule has 2 heterocycles. The molecular weight excluding hydrogens is 380 g/mol. The van der Waals surface area contributed by atoms with E-state index in [1.807, 2.05) is 25.2 Å². The van der Waals surface area contributed by atoms with Crippen LogP contribution in [0.2, 0.25) is 0 Å². The molecule has 0 unspecified atom stereocenters. The number of aliphatic imine (C=N–C) groups is 1. The van der Waals surface area contributed by atoms with Crippen LogP contribution < -0.4 is 10.1 Å². The number of guanidine groups is 1. The summed E-state index contributed by atoms with van der Waals surface area (Å²) in [7, 11) is 6.00. The van der Waals surface area contributed by atoms with Gasteiger partial charge in [-0.05, 0) is 38.2 Å². The summed E-state index contributed by atoms with van der Waals surface area (Å²) < 4.78 is 10.7. The normalized spacial score (nSPS) is 15.6. The van der Waals surface area contributed by atoms with E-state index >= 15 is 0 Å². The molecule has 0 atom stereocenters. The van der Waals surface area contributed by atoms with Crippen LogP contribution in [-0.4, -0.2) is 86.3 Å². The second kappa shape index (κ2) is 11.6. The summed E-state index contributed by atoms with van der Waals surface area (Å²) in [5, 5.41) is 7.48. The molecule has 0 saturated carbocycles. The van der Waals surface area contributed by atoms with E-state index in [-0.39, 0.29) is 0 Å². The molecule has 30 heavy (non-hydrogen) atoms. The third kappa shape index (κ3) is 7.03. The van der Waals surface area contributed by atoms with Crippen molar-refractivity contribution in [2.75, 3.05) is 60.5 Å².